The highest BCUT2D eigenvalue weighted by atomic mass is 19.4. The molecule has 0 saturated heterocycles. The van der Waals surface area contributed by atoms with Crippen LogP contribution in [0.5, 0.6) is 5.75 Å². The number of hydrogen-bond acceptors (Lipinski definition) is 1. The van der Waals surface area contributed by atoms with E-state index in [-0.39, 0.29) is 11.7 Å². The van der Waals surface area contributed by atoms with Crippen LogP contribution in [-0.4, -0.2) is 6.36 Å². The molecule has 1 aromatic carbocycles. The average molecular weight is 411 g/mol. The summed E-state index contributed by atoms with van der Waals surface area (Å²) in [6, 6.07) is 6.71. The Bertz CT molecular complexity index is 609. The molecule has 0 bridgehead atoms. The molecule has 4 heteroatoms. The molecule has 29 heavy (non-hydrogen) atoms. The van der Waals surface area contributed by atoms with E-state index in [2.05, 4.69) is 18.6 Å². The lowest BCUT2D eigenvalue weighted by Gasteiger charge is -2.38. The first-order chi connectivity index (χ1) is 13.8. The molecular formula is C25H37F3O. The summed E-state index contributed by atoms with van der Waals surface area (Å²) in [6.45, 7) is 4.61. The molecule has 0 aliphatic heterocycles. The van der Waals surface area contributed by atoms with Gasteiger partial charge in [0.25, 0.3) is 0 Å². The molecule has 0 unspecified atom stereocenters. The summed E-state index contributed by atoms with van der Waals surface area (Å²) < 4.78 is 42.4. The van der Waals surface area contributed by atoms with Crippen LogP contribution in [0.15, 0.2) is 24.3 Å². The Balaban J connectivity index is 1.46. The van der Waals surface area contributed by atoms with Crippen molar-refractivity contribution in [2.45, 2.75) is 96.8 Å². The van der Waals surface area contributed by atoms with Gasteiger partial charge in [-0.1, -0.05) is 64.2 Å². The van der Waals surface area contributed by atoms with Gasteiger partial charge in [0, 0.05) is 0 Å². The van der Waals surface area contributed by atoms with E-state index in [0.717, 1.165) is 54.9 Å². The van der Waals surface area contributed by atoms with Crippen molar-refractivity contribution >= 4 is 0 Å². The largest absolute Gasteiger partial charge is 0.573 e. The molecule has 164 valence electrons. The molecule has 1 aromatic rings. The predicted octanol–water partition coefficient (Wildman–Crippen LogP) is 8.49. The molecule has 2 aliphatic rings. The van der Waals surface area contributed by atoms with Gasteiger partial charge in [-0.2, -0.15) is 0 Å². The van der Waals surface area contributed by atoms with Crippen LogP contribution >= 0.6 is 0 Å². The summed E-state index contributed by atoms with van der Waals surface area (Å²) in [5.74, 6) is 3.51. The fourth-order valence-electron chi connectivity index (χ4n) is 5.70. The molecule has 0 aromatic heterocycles. The van der Waals surface area contributed by atoms with Crippen molar-refractivity contribution in [2.24, 2.45) is 23.7 Å². The van der Waals surface area contributed by atoms with Crippen LogP contribution in [0.25, 0.3) is 0 Å². The van der Waals surface area contributed by atoms with Gasteiger partial charge in [-0.15, -0.1) is 13.2 Å². The van der Waals surface area contributed by atoms with Gasteiger partial charge in [0.05, 0.1) is 0 Å². The molecule has 2 fully saturated rings. The van der Waals surface area contributed by atoms with E-state index in [1.807, 2.05) is 12.1 Å². The lowest BCUT2D eigenvalue weighted by Crippen LogP contribution is -2.26. The van der Waals surface area contributed by atoms with E-state index in [4.69, 9.17) is 0 Å². The number of halogens is 3. The van der Waals surface area contributed by atoms with E-state index in [1.165, 1.54) is 51.0 Å². The van der Waals surface area contributed by atoms with E-state index in [1.54, 1.807) is 6.07 Å². The standard InChI is InChI=1S/C25H37F3O/c1-18(2)6-5-7-19-10-12-20(13-11-19)21-14-16-22(17-15-21)23-8-3-4-9-24(23)29-25(26,27)28/h3-4,8-9,18-22H,5-7,10-17H2,1-2H3. The minimum atomic E-state index is -4.62. The Morgan fingerprint density at radius 3 is 2.07 bits per heavy atom. The lowest BCUT2D eigenvalue weighted by atomic mass is 9.68. The number of para-hydroxylation sites is 1. The highest BCUT2D eigenvalue weighted by molar-refractivity contribution is 5.36. The number of benzene rings is 1. The van der Waals surface area contributed by atoms with Gasteiger partial charge in [0.15, 0.2) is 0 Å². The molecule has 0 spiro atoms. The smallest absolute Gasteiger partial charge is 0.405 e. The zero-order valence-corrected chi connectivity index (χ0v) is 18.0. The van der Waals surface area contributed by atoms with Crippen LogP contribution in [-0.2, 0) is 0 Å². The molecule has 0 amide bonds. The number of rotatable bonds is 7. The van der Waals surface area contributed by atoms with E-state index < -0.39 is 6.36 Å². The predicted molar refractivity (Wildman–Crippen MR) is 112 cm³/mol. The van der Waals surface area contributed by atoms with Crippen molar-refractivity contribution in [3.8, 4) is 5.75 Å². The van der Waals surface area contributed by atoms with Crippen molar-refractivity contribution in [3.63, 3.8) is 0 Å². The summed E-state index contributed by atoms with van der Waals surface area (Å²) >= 11 is 0. The highest BCUT2D eigenvalue weighted by Crippen LogP contribution is 2.46. The van der Waals surface area contributed by atoms with Crippen molar-refractivity contribution in [3.05, 3.63) is 29.8 Å². The second-order valence-electron chi connectivity index (χ2n) is 9.80. The van der Waals surface area contributed by atoms with Gasteiger partial charge in [0.1, 0.15) is 5.75 Å². The fourth-order valence-corrected chi connectivity index (χ4v) is 5.70. The Morgan fingerprint density at radius 1 is 0.897 bits per heavy atom. The Labute approximate surface area is 174 Å². The summed E-state index contributed by atoms with van der Waals surface area (Å²) in [6.07, 6.45) is 9.23. The van der Waals surface area contributed by atoms with Crippen molar-refractivity contribution in [1.29, 1.82) is 0 Å². The zero-order valence-electron chi connectivity index (χ0n) is 18.0. The first kappa shape index (κ1) is 22.5. The van der Waals surface area contributed by atoms with Crippen LogP contribution in [0, 0.1) is 23.7 Å². The summed E-state index contributed by atoms with van der Waals surface area (Å²) in [5.41, 5.74) is 0.733. The fraction of sp³-hybridized carbons (Fsp3) is 0.760. The van der Waals surface area contributed by atoms with Crippen molar-refractivity contribution < 1.29 is 17.9 Å². The normalized spacial score (nSPS) is 28.5. The van der Waals surface area contributed by atoms with E-state index in [0.29, 0.717) is 0 Å². The molecule has 0 heterocycles. The number of hydrogen-bond donors (Lipinski definition) is 0. The highest BCUT2D eigenvalue weighted by Gasteiger charge is 2.35. The maximum atomic E-state index is 12.7. The van der Waals surface area contributed by atoms with Gasteiger partial charge < -0.3 is 4.74 Å². The molecule has 2 aliphatic carbocycles. The monoisotopic (exact) mass is 410 g/mol. The van der Waals surface area contributed by atoms with Gasteiger partial charge in [-0.3, -0.25) is 0 Å². The van der Waals surface area contributed by atoms with Crippen LogP contribution < -0.4 is 4.74 Å². The molecule has 0 radical (unpaired) electrons. The molecule has 0 atom stereocenters. The minimum absolute atomic E-state index is 0.00893. The van der Waals surface area contributed by atoms with Crippen LogP contribution in [0.2, 0.25) is 0 Å². The molecule has 0 N–H and O–H groups in total. The lowest BCUT2D eigenvalue weighted by molar-refractivity contribution is -0.275. The van der Waals surface area contributed by atoms with Crippen molar-refractivity contribution in [2.75, 3.05) is 0 Å². The maximum Gasteiger partial charge on any atom is 0.573 e. The van der Waals surface area contributed by atoms with Crippen LogP contribution in [0.3, 0.4) is 0 Å². The molecule has 3 rings (SSSR count). The summed E-state index contributed by atoms with van der Waals surface area (Å²) in [7, 11) is 0. The Kier molecular flexibility index (Phi) is 7.92. The van der Waals surface area contributed by atoms with Gasteiger partial charge in [-0.05, 0) is 79.7 Å². The average Bonchev–Trinajstić information content (AvgIpc) is 2.68. The second kappa shape index (κ2) is 10.2. The third-order valence-corrected chi connectivity index (χ3v) is 7.31. The maximum absolute atomic E-state index is 12.7. The minimum Gasteiger partial charge on any atom is -0.405 e. The molecular weight excluding hydrogens is 373 g/mol. The van der Waals surface area contributed by atoms with E-state index >= 15 is 0 Å². The first-order valence-electron chi connectivity index (χ1n) is 11.7. The van der Waals surface area contributed by atoms with Gasteiger partial charge in [-0.25, -0.2) is 0 Å². The third kappa shape index (κ3) is 6.93. The number of alkyl halides is 3. The number of ether oxygens (including phenoxy) is 1. The third-order valence-electron chi connectivity index (χ3n) is 7.31. The summed E-state index contributed by atoms with van der Waals surface area (Å²) in [5, 5.41) is 0. The van der Waals surface area contributed by atoms with Gasteiger partial charge in [0.2, 0.25) is 0 Å². The molecule has 2 saturated carbocycles. The van der Waals surface area contributed by atoms with Crippen molar-refractivity contribution in [1.82, 2.24) is 0 Å². The zero-order chi connectivity index (χ0) is 20.9. The quantitative estimate of drug-likeness (QED) is 0.438. The molecule has 1 nitrogen and oxygen atoms in total. The Hall–Kier alpha value is -1.19. The SMILES string of the molecule is CC(C)CCCC1CCC(C2CCC(c3ccccc3OC(F)(F)F)CC2)CC1. The topological polar surface area (TPSA) is 9.23 Å². The first-order valence-corrected chi connectivity index (χ1v) is 11.7. The van der Waals surface area contributed by atoms with Crippen LogP contribution in [0.1, 0.15) is 96.0 Å². The van der Waals surface area contributed by atoms with Crippen LogP contribution in [0.4, 0.5) is 13.2 Å². The van der Waals surface area contributed by atoms with Gasteiger partial charge >= 0.3 is 6.36 Å². The second-order valence-corrected chi connectivity index (χ2v) is 9.80. The summed E-state index contributed by atoms with van der Waals surface area (Å²) in [4.78, 5) is 0. The Morgan fingerprint density at radius 2 is 1.48 bits per heavy atom. The van der Waals surface area contributed by atoms with E-state index in [9.17, 15) is 13.2 Å².